The Hall–Kier alpha value is -3.53. The van der Waals surface area contributed by atoms with Gasteiger partial charge in [0.05, 0.1) is 30.7 Å². The zero-order valence-corrected chi connectivity index (χ0v) is 19.7. The number of rotatable bonds is 8. The Balaban J connectivity index is 2.08. The highest BCUT2D eigenvalue weighted by molar-refractivity contribution is 7.16. The number of carbonyl (C=O) groups is 3. The largest absolute Gasteiger partial charge is 0.466 e. The molecule has 33 heavy (non-hydrogen) atoms. The van der Waals surface area contributed by atoms with Crippen LogP contribution in [0.4, 0.5) is 5.00 Å². The average Bonchev–Trinajstić information content (AvgIpc) is 3.19. The Morgan fingerprint density at radius 3 is 2.45 bits per heavy atom. The number of benzene rings is 1. The number of amides is 1. The van der Waals surface area contributed by atoms with Gasteiger partial charge in [0.1, 0.15) is 5.00 Å². The van der Waals surface area contributed by atoms with E-state index in [-0.39, 0.29) is 42.1 Å². The predicted octanol–water partition coefficient (Wildman–Crippen LogP) is 3.52. The van der Waals surface area contributed by atoms with Crippen molar-refractivity contribution >= 4 is 45.0 Å². The third-order valence-corrected chi connectivity index (χ3v) is 5.87. The zero-order chi connectivity index (χ0) is 24.1. The minimum absolute atomic E-state index is 0.0204. The molecule has 1 aromatic carbocycles. The van der Waals surface area contributed by atoms with Crippen molar-refractivity contribution in [2.75, 3.05) is 18.5 Å². The second-order valence-corrected chi connectivity index (χ2v) is 8.14. The highest BCUT2D eigenvalue weighted by Gasteiger charge is 2.23. The second-order valence-electron chi connectivity index (χ2n) is 7.26. The number of hydrogen-bond acceptors (Lipinski definition) is 8. The van der Waals surface area contributed by atoms with Crippen LogP contribution in [-0.4, -0.2) is 40.8 Å². The van der Waals surface area contributed by atoms with Gasteiger partial charge in [-0.3, -0.25) is 14.4 Å². The van der Waals surface area contributed by atoms with Gasteiger partial charge >= 0.3 is 11.9 Å². The van der Waals surface area contributed by atoms with Crippen LogP contribution in [0.1, 0.15) is 48.3 Å². The lowest BCUT2D eigenvalue weighted by molar-refractivity contribution is -0.144. The molecule has 0 aliphatic rings. The third kappa shape index (κ3) is 5.28. The van der Waals surface area contributed by atoms with E-state index < -0.39 is 23.4 Å². The van der Waals surface area contributed by atoms with E-state index in [1.807, 2.05) is 19.9 Å². The van der Waals surface area contributed by atoms with E-state index in [4.69, 9.17) is 9.47 Å². The Kier molecular flexibility index (Phi) is 7.59. The summed E-state index contributed by atoms with van der Waals surface area (Å²) in [4.78, 5) is 50.0. The minimum atomic E-state index is -0.668. The van der Waals surface area contributed by atoms with E-state index in [0.29, 0.717) is 11.1 Å². The number of ether oxygens (including phenoxy) is 2. The number of anilines is 1. The van der Waals surface area contributed by atoms with Gasteiger partial charge in [0.15, 0.2) is 5.69 Å². The van der Waals surface area contributed by atoms with E-state index in [1.165, 1.54) is 0 Å². The first-order valence-electron chi connectivity index (χ1n) is 10.5. The number of nitrogens with one attached hydrogen (secondary N) is 1. The van der Waals surface area contributed by atoms with Crippen molar-refractivity contribution in [2.24, 2.45) is 0 Å². The van der Waals surface area contributed by atoms with Crippen molar-refractivity contribution in [3.05, 3.63) is 50.8 Å². The van der Waals surface area contributed by atoms with E-state index in [1.54, 1.807) is 31.4 Å². The second kappa shape index (κ2) is 10.4. The van der Waals surface area contributed by atoms with Gasteiger partial charge in [-0.15, -0.1) is 11.3 Å². The number of carbonyl (C=O) groups excluding carboxylic acids is 3. The van der Waals surface area contributed by atoms with Crippen LogP contribution >= 0.6 is 11.3 Å². The Morgan fingerprint density at radius 2 is 1.79 bits per heavy atom. The molecular formula is C23H25N3O6S. The van der Waals surface area contributed by atoms with Crippen LogP contribution in [0.25, 0.3) is 16.5 Å². The Morgan fingerprint density at radius 1 is 1.06 bits per heavy atom. The fraction of sp³-hybridized carbons (Fsp3) is 0.348. The molecule has 2 heterocycles. The maximum absolute atomic E-state index is 13.4. The van der Waals surface area contributed by atoms with Crippen molar-refractivity contribution in [3.63, 3.8) is 0 Å². The average molecular weight is 472 g/mol. The van der Waals surface area contributed by atoms with Gasteiger partial charge < -0.3 is 14.8 Å². The van der Waals surface area contributed by atoms with Crippen molar-refractivity contribution < 1.29 is 23.9 Å². The molecule has 1 amide bonds. The van der Waals surface area contributed by atoms with Crippen LogP contribution in [0.3, 0.4) is 0 Å². The minimum Gasteiger partial charge on any atom is -0.466 e. The molecular weight excluding hydrogens is 446 g/mol. The summed E-state index contributed by atoms with van der Waals surface area (Å²) in [7, 11) is 0. The summed E-state index contributed by atoms with van der Waals surface area (Å²) in [5, 5.41) is 9.28. The van der Waals surface area contributed by atoms with Gasteiger partial charge in [-0.05, 0) is 51.0 Å². The normalized spacial score (nSPS) is 10.8. The highest BCUT2D eigenvalue weighted by Crippen LogP contribution is 2.31. The van der Waals surface area contributed by atoms with Gasteiger partial charge in [0, 0.05) is 17.2 Å². The van der Waals surface area contributed by atoms with Crippen LogP contribution < -0.4 is 10.9 Å². The molecule has 0 saturated carbocycles. The molecule has 174 valence electrons. The van der Waals surface area contributed by atoms with E-state index in [9.17, 15) is 19.2 Å². The lowest BCUT2D eigenvalue weighted by atomic mass is 10.1. The van der Waals surface area contributed by atoms with Crippen LogP contribution in [0.15, 0.2) is 28.4 Å². The summed E-state index contributed by atoms with van der Waals surface area (Å²) in [6.07, 6.45) is -0.176. The van der Waals surface area contributed by atoms with Crippen LogP contribution in [0, 0.1) is 13.8 Å². The molecule has 10 heteroatoms. The van der Waals surface area contributed by atoms with Crippen molar-refractivity contribution in [2.45, 2.75) is 40.5 Å². The molecule has 0 aliphatic carbocycles. The summed E-state index contributed by atoms with van der Waals surface area (Å²) >= 11 is 1.10. The first-order valence-corrected chi connectivity index (χ1v) is 11.4. The van der Waals surface area contributed by atoms with E-state index in [0.717, 1.165) is 27.1 Å². The van der Waals surface area contributed by atoms with Crippen molar-refractivity contribution in [1.82, 2.24) is 9.78 Å². The number of aryl methyl sites for hydroxylation is 2. The predicted molar refractivity (Wildman–Crippen MR) is 125 cm³/mol. The molecule has 0 saturated heterocycles. The third-order valence-electron chi connectivity index (χ3n) is 4.97. The van der Waals surface area contributed by atoms with Gasteiger partial charge in [-0.25, -0.2) is 4.79 Å². The number of esters is 2. The lowest BCUT2D eigenvalue weighted by Crippen LogP contribution is -2.25. The number of aromatic nitrogens is 2. The molecule has 0 bridgehead atoms. The van der Waals surface area contributed by atoms with Crippen LogP contribution in [0.2, 0.25) is 0 Å². The van der Waals surface area contributed by atoms with E-state index in [2.05, 4.69) is 10.4 Å². The smallest absolute Gasteiger partial charge is 0.359 e. The van der Waals surface area contributed by atoms with Gasteiger partial charge in [-0.1, -0.05) is 6.07 Å². The van der Waals surface area contributed by atoms with Gasteiger partial charge in [-0.2, -0.15) is 9.78 Å². The maximum atomic E-state index is 13.4. The summed E-state index contributed by atoms with van der Waals surface area (Å²) in [6.45, 7) is 7.60. The highest BCUT2D eigenvalue weighted by atomic mass is 32.1. The van der Waals surface area contributed by atoms with Gasteiger partial charge in [0.25, 0.3) is 5.56 Å². The van der Waals surface area contributed by atoms with Crippen molar-refractivity contribution in [1.29, 1.82) is 0 Å². The molecule has 1 N–H and O–H groups in total. The monoisotopic (exact) mass is 471 g/mol. The molecule has 0 fully saturated rings. The fourth-order valence-corrected chi connectivity index (χ4v) is 4.12. The summed E-state index contributed by atoms with van der Waals surface area (Å²) in [6, 6.07) is 5.40. The SMILES string of the molecule is CCOC(=O)CCC(=O)Nc1scc2c(C(=O)OCC)nn(-c3ccc(C)c(C)c3)c(=O)c12. The molecule has 2 aromatic heterocycles. The summed E-state index contributed by atoms with van der Waals surface area (Å²) in [5.41, 5.74) is 1.98. The Bertz CT molecular complexity index is 1280. The number of hydrogen-bond donors (Lipinski definition) is 1. The molecule has 3 rings (SSSR count). The molecule has 0 radical (unpaired) electrons. The van der Waals surface area contributed by atoms with Gasteiger partial charge in [0.2, 0.25) is 5.91 Å². The summed E-state index contributed by atoms with van der Waals surface area (Å²) < 4.78 is 11.1. The van der Waals surface area contributed by atoms with Crippen LogP contribution in [0.5, 0.6) is 0 Å². The summed E-state index contributed by atoms with van der Waals surface area (Å²) in [5.74, 6) is -1.59. The number of nitrogens with zero attached hydrogens (tertiary/aromatic N) is 2. The molecule has 0 aliphatic heterocycles. The quantitative estimate of drug-likeness (QED) is 0.500. The molecule has 0 atom stereocenters. The standard InChI is InChI=1S/C23H25N3O6S/c1-5-31-18(28)10-9-17(27)24-21-19-16(12-33-21)20(23(30)32-6-2)25-26(22(19)29)15-8-7-13(3)14(4)11-15/h7-8,11-12H,5-6,9-10H2,1-4H3,(H,24,27). The number of fused-ring (bicyclic) bond motifs is 1. The Labute approximate surface area is 194 Å². The molecule has 0 spiro atoms. The topological polar surface area (TPSA) is 117 Å². The van der Waals surface area contributed by atoms with Crippen molar-refractivity contribution in [3.8, 4) is 5.69 Å². The first-order chi connectivity index (χ1) is 15.8. The fourth-order valence-electron chi connectivity index (χ4n) is 3.16. The number of thiophene rings is 1. The molecule has 9 nitrogen and oxygen atoms in total. The first kappa shape index (κ1) is 24.1. The molecule has 0 unspecified atom stereocenters. The zero-order valence-electron chi connectivity index (χ0n) is 18.9. The lowest BCUT2D eigenvalue weighted by Gasteiger charge is -2.11. The molecule has 3 aromatic rings. The van der Waals surface area contributed by atoms with E-state index >= 15 is 0 Å². The maximum Gasteiger partial charge on any atom is 0.359 e. The van der Waals surface area contributed by atoms with Crippen LogP contribution in [-0.2, 0) is 19.1 Å².